The van der Waals surface area contributed by atoms with Gasteiger partial charge in [0.15, 0.2) is 0 Å². The van der Waals surface area contributed by atoms with Crippen LogP contribution in [0.15, 0.2) is 24.3 Å². The Morgan fingerprint density at radius 2 is 2.00 bits per heavy atom. The van der Waals surface area contributed by atoms with E-state index < -0.39 is 6.36 Å². The lowest BCUT2D eigenvalue weighted by Gasteiger charge is -2.21. The van der Waals surface area contributed by atoms with E-state index in [1.54, 1.807) is 6.07 Å². The van der Waals surface area contributed by atoms with Crippen LogP contribution in [0.5, 0.6) is 5.75 Å². The summed E-state index contributed by atoms with van der Waals surface area (Å²) >= 11 is 0. The minimum Gasteiger partial charge on any atom is -0.405 e. The number of para-hydroxylation sites is 1. The second-order valence-electron chi connectivity index (χ2n) is 6.57. The van der Waals surface area contributed by atoms with Gasteiger partial charge in [0.05, 0.1) is 0 Å². The third-order valence-corrected chi connectivity index (χ3v) is 5.01. The smallest absolute Gasteiger partial charge is 0.405 e. The predicted octanol–water partition coefficient (Wildman–Crippen LogP) is 4.03. The molecule has 3 atom stereocenters. The SMILES string of the molecule is O=C(C[C@H]1C[C@H]2CC[C@@H]1C2)NCc1ccccc1OC(F)(F)F. The van der Waals surface area contributed by atoms with E-state index in [0.29, 0.717) is 23.8 Å². The first-order valence-electron chi connectivity index (χ1n) is 8.01. The Bertz CT molecular complexity index is 573. The van der Waals surface area contributed by atoms with E-state index in [1.807, 2.05) is 0 Å². The molecule has 0 aromatic heterocycles. The Kier molecular flexibility index (Phi) is 4.50. The zero-order chi connectivity index (χ0) is 16.4. The molecule has 2 bridgehead atoms. The van der Waals surface area contributed by atoms with E-state index in [4.69, 9.17) is 0 Å². The minimum absolute atomic E-state index is 0.0475. The third-order valence-electron chi connectivity index (χ3n) is 5.01. The van der Waals surface area contributed by atoms with Crippen molar-refractivity contribution in [3.63, 3.8) is 0 Å². The van der Waals surface area contributed by atoms with Crippen molar-refractivity contribution in [2.75, 3.05) is 0 Å². The molecule has 2 aliphatic carbocycles. The van der Waals surface area contributed by atoms with Gasteiger partial charge in [0, 0.05) is 18.5 Å². The van der Waals surface area contributed by atoms with E-state index in [1.165, 1.54) is 37.5 Å². The van der Waals surface area contributed by atoms with Crippen LogP contribution in [0.25, 0.3) is 0 Å². The molecule has 6 heteroatoms. The molecule has 0 unspecified atom stereocenters. The summed E-state index contributed by atoms with van der Waals surface area (Å²) in [7, 11) is 0. The first-order chi connectivity index (χ1) is 10.9. The Balaban J connectivity index is 1.53. The van der Waals surface area contributed by atoms with E-state index in [2.05, 4.69) is 10.1 Å². The van der Waals surface area contributed by atoms with E-state index >= 15 is 0 Å². The number of alkyl halides is 3. The number of nitrogens with one attached hydrogen (secondary N) is 1. The number of benzene rings is 1. The maximum Gasteiger partial charge on any atom is 0.573 e. The molecule has 0 radical (unpaired) electrons. The fraction of sp³-hybridized carbons (Fsp3) is 0.588. The molecule has 1 aromatic rings. The molecule has 1 aromatic carbocycles. The van der Waals surface area contributed by atoms with Crippen molar-refractivity contribution in [2.24, 2.45) is 17.8 Å². The monoisotopic (exact) mass is 327 g/mol. The van der Waals surface area contributed by atoms with Crippen LogP contribution in [0.3, 0.4) is 0 Å². The van der Waals surface area contributed by atoms with Crippen molar-refractivity contribution in [1.82, 2.24) is 5.32 Å². The molecule has 0 saturated heterocycles. The van der Waals surface area contributed by atoms with Crippen LogP contribution in [0, 0.1) is 17.8 Å². The van der Waals surface area contributed by atoms with E-state index in [-0.39, 0.29) is 18.2 Å². The summed E-state index contributed by atoms with van der Waals surface area (Å²) in [5.41, 5.74) is 0.325. The molecule has 2 aliphatic rings. The topological polar surface area (TPSA) is 38.3 Å². The highest BCUT2D eigenvalue weighted by atomic mass is 19.4. The summed E-state index contributed by atoms with van der Waals surface area (Å²) in [6, 6.07) is 5.88. The summed E-state index contributed by atoms with van der Waals surface area (Å²) in [5.74, 6) is 1.52. The number of carbonyl (C=O) groups excluding carboxylic acids is 1. The summed E-state index contributed by atoms with van der Waals surface area (Å²) in [4.78, 5) is 12.1. The van der Waals surface area contributed by atoms with Crippen molar-refractivity contribution in [1.29, 1.82) is 0 Å². The number of hydrogen-bond donors (Lipinski definition) is 1. The quantitative estimate of drug-likeness (QED) is 0.887. The fourth-order valence-electron chi connectivity index (χ4n) is 4.00. The second-order valence-corrected chi connectivity index (χ2v) is 6.57. The normalized spacial score (nSPS) is 26.3. The van der Waals surface area contributed by atoms with Crippen LogP contribution in [-0.2, 0) is 11.3 Å². The van der Waals surface area contributed by atoms with Crippen LogP contribution >= 0.6 is 0 Å². The van der Waals surface area contributed by atoms with Crippen LogP contribution in [0.4, 0.5) is 13.2 Å². The molecule has 0 heterocycles. The molecule has 2 saturated carbocycles. The Morgan fingerprint density at radius 1 is 1.22 bits per heavy atom. The van der Waals surface area contributed by atoms with E-state index in [0.717, 1.165) is 12.3 Å². The highest BCUT2D eigenvalue weighted by Gasteiger charge is 2.40. The molecule has 23 heavy (non-hydrogen) atoms. The first kappa shape index (κ1) is 16.1. The highest BCUT2D eigenvalue weighted by molar-refractivity contribution is 5.76. The number of ether oxygens (including phenoxy) is 1. The molecule has 0 spiro atoms. The fourth-order valence-corrected chi connectivity index (χ4v) is 4.00. The summed E-state index contributed by atoms with van der Waals surface area (Å²) < 4.78 is 41.1. The second kappa shape index (κ2) is 6.42. The average molecular weight is 327 g/mol. The Labute approximate surface area is 133 Å². The molecule has 126 valence electrons. The average Bonchev–Trinajstić information content (AvgIpc) is 3.07. The van der Waals surface area contributed by atoms with Gasteiger partial charge in [-0.2, -0.15) is 0 Å². The van der Waals surface area contributed by atoms with E-state index in [9.17, 15) is 18.0 Å². The molecular weight excluding hydrogens is 307 g/mol. The van der Waals surface area contributed by atoms with Crippen molar-refractivity contribution in [2.45, 2.75) is 45.0 Å². The number of halogens is 3. The lowest BCUT2D eigenvalue weighted by molar-refractivity contribution is -0.274. The molecule has 1 N–H and O–H groups in total. The van der Waals surface area contributed by atoms with Crippen LogP contribution < -0.4 is 10.1 Å². The van der Waals surface area contributed by atoms with Crippen LogP contribution in [-0.4, -0.2) is 12.3 Å². The van der Waals surface area contributed by atoms with Crippen molar-refractivity contribution >= 4 is 5.91 Å². The van der Waals surface area contributed by atoms with Gasteiger partial charge < -0.3 is 10.1 Å². The molecule has 1 amide bonds. The number of hydrogen-bond acceptors (Lipinski definition) is 2. The number of rotatable bonds is 5. The summed E-state index contributed by atoms with van der Waals surface area (Å²) in [5, 5.41) is 2.73. The third kappa shape index (κ3) is 4.18. The summed E-state index contributed by atoms with van der Waals surface area (Å²) in [6.45, 7) is 0.0475. The van der Waals surface area contributed by atoms with Gasteiger partial charge in [0.1, 0.15) is 5.75 Å². The number of carbonyl (C=O) groups is 1. The molecular formula is C17H20F3NO2. The van der Waals surface area contributed by atoms with Gasteiger partial charge in [-0.15, -0.1) is 13.2 Å². The Morgan fingerprint density at radius 3 is 2.65 bits per heavy atom. The van der Waals surface area contributed by atoms with Gasteiger partial charge >= 0.3 is 6.36 Å². The lowest BCUT2D eigenvalue weighted by atomic mass is 9.86. The van der Waals surface area contributed by atoms with Gasteiger partial charge in [-0.25, -0.2) is 0 Å². The molecule has 3 rings (SSSR count). The molecule has 0 aliphatic heterocycles. The zero-order valence-corrected chi connectivity index (χ0v) is 12.7. The van der Waals surface area contributed by atoms with Crippen LogP contribution in [0.2, 0.25) is 0 Å². The highest BCUT2D eigenvalue weighted by Crippen LogP contribution is 2.49. The maximum absolute atomic E-state index is 12.4. The standard InChI is InChI=1S/C17H20F3NO2/c18-17(19,20)23-15-4-2-1-3-13(15)10-21-16(22)9-14-8-11-5-6-12(14)7-11/h1-4,11-12,14H,5-10H2,(H,21,22)/t11-,12+,14+/m0/s1. The largest absolute Gasteiger partial charge is 0.573 e. The number of fused-ring (bicyclic) bond motifs is 2. The van der Waals surface area contributed by atoms with Crippen molar-refractivity contribution in [3.8, 4) is 5.75 Å². The Hall–Kier alpha value is -1.72. The van der Waals surface area contributed by atoms with Crippen molar-refractivity contribution in [3.05, 3.63) is 29.8 Å². The zero-order valence-electron chi connectivity index (χ0n) is 12.7. The van der Waals surface area contributed by atoms with Gasteiger partial charge in [-0.3, -0.25) is 4.79 Å². The van der Waals surface area contributed by atoms with Gasteiger partial charge in [0.2, 0.25) is 5.91 Å². The first-order valence-corrected chi connectivity index (χ1v) is 8.01. The molecule has 3 nitrogen and oxygen atoms in total. The maximum atomic E-state index is 12.4. The van der Waals surface area contributed by atoms with Gasteiger partial charge in [-0.1, -0.05) is 24.6 Å². The van der Waals surface area contributed by atoms with Crippen LogP contribution in [0.1, 0.15) is 37.7 Å². The number of amides is 1. The lowest BCUT2D eigenvalue weighted by Crippen LogP contribution is -2.27. The minimum atomic E-state index is -4.73. The van der Waals surface area contributed by atoms with Gasteiger partial charge in [-0.05, 0) is 43.1 Å². The van der Waals surface area contributed by atoms with Crippen molar-refractivity contribution < 1.29 is 22.7 Å². The predicted molar refractivity (Wildman–Crippen MR) is 78.5 cm³/mol. The van der Waals surface area contributed by atoms with Gasteiger partial charge in [0.25, 0.3) is 0 Å². The summed E-state index contributed by atoms with van der Waals surface area (Å²) in [6.07, 6.45) is 0.592. The molecule has 2 fully saturated rings.